The van der Waals surface area contributed by atoms with Crippen LogP contribution in [0.15, 0.2) is 48.5 Å². The van der Waals surface area contributed by atoms with E-state index in [0.29, 0.717) is 18.8 Å². The van der Waals surface area contributed by atoms with Crippen LogP contribution in [0.5, 0.6) is 0 Å². The van der Waals surface area contributed by atoms with Crippen LogP contribution in [0.25, 0.3) is 0 Å². The van der Waals surface area contributed by atoms with E-state index in [1.54, 1.807) is 0 Å². The number of nitrogens with one attached hydrogen (secondary N) is 3. The Balaban J connectivity index is 2.04. The Morgan fingerprint density at radius 1 is 1.07 bits per heavy atom. The van der Waals surface area contributed by atoms with E-state index in [0.717, 1.165) is 12.8 Å². The predicted molar refractivity (Wildman–Crippen MR) is 114 cm³/mol. The van der Waals surface area contributed by atoms with E-state index in [4.69, 9.17) is 0 Å². The Hall–Kier alpha value is -2.91. The van der Waals surface area contributed by atoms with Crippen molar-refractivity contribution in [3.05, 3.63) is 59.7 Å². The number of rotatable bonds is 9. The fraction of sp³-hybridized carbons (Fsp3) is 0.300. The SMILES string of the molecule is CC(=O)Nc1ccc(NS(C)(=O)=O)c(C(=O)NCCN(C)Cc2ccccc2)c1. The molecule has 0 atom stereocenters. The summed E-state index contributed by atoms with van der Waals surface area (Å²) in [4.78, 5) is 26.0. The second-order valence-corrected chi connectivity index (χ2v) is 8.54. The van der Waals surface area contributed by atoms with Crippen LogP contribution in [-0.2, 0) is 21.4 Å². The van der Waals surface area contributed by atoms with Crippen LogP contribution in [0.4, 0.5) is 11.4 Å². The number of hydrogen-bond donors (Lipinski definition) is 3. The molecular weight excluding hydrogens is 392 g/mol. The highest BCUT2D eigenvalue weighted by Gasteiger charge is 2.15. The minimum Gasteiger partial charge on any atom is -0.351 e. The summed E-state index contributed by atoms with van der Waals surface area (Å²) in [6.45, 7) is 3.09. The van der Waals surface area contributed by atoms with Crippen LogP contribution in [-0.4, -0.2) is 51.5 Å². The molecule has 29 heavy (non-hydrogen) atoms. The number of carbonyl (C=O) groups is 2. The Kier molecular flexibility index (Phi) is 7.74. The van der Waals surface area contributed by atoms with E-state index in [1.807, 2.05) is 37.4 Å². The molecule has 0 saturated heterocycles. The molecule has 2 aromatic rings. The van der Waals surface area contributed by atoms with Gasteiger partial charge in [-0.05, 0) is 30.8 Å². The number of nitrogens with zero attached hydrogens (tertiary/aromatic N) is 1. The van der Waals surface area contributed by atoms with Crippen LogP contribution < -0.4 is 15.4 Å². The highest BCUT2D eigenvalue weighted by Crippen LogP contribution is 2.21. The van der Waals surface area contributed by atoms with Gasteiger partial charge in [-0.15, -0.1) is 0 Å². The van der Waals surface area contributed by atoms with Crippen molar-refractivity contribution < 1.29 is 18.0 Å². The monoisotopic (exact) mass is 418 g/mol. The highest BCUT2D eigenvalue weighted by atomic mass is 32.2. The molecule has 0 aromatic heterocycles. The lowest BCUT2D eigenvalue weighted by molar-refractivity contribution is -0.114. The molecule has 0 bridgehead atoms. The first-order chi connectivity index (χ1) is 13.6. The van der Waals surface area contributed by atoms with Crippen LogP contribution >= 0.6 is 0 Å². The molecular formula is C20H26N4O4S. The number of carbonyl (C=O) groups excluding carboxylic acids is 2. The third kappa shape index (κ3) is 7.92. The molecule has 0 aliphatic heterocycles. The largest absolute Gasteiger partial charge is 0.351 e. The third-order valence-corrected chi connectivity index (χ3v) is 4.55. The standard InChI is InChI=1S/C20H26N4O4S/c1-15(25)22-17-9-10-19(23-29(3,27)28)18(13-17)20(26)21-11-12-24(2)14-16-7-5-4-6-8-16/h4-10,13,23H,11-12,14H2,1-3H3,(H,21,26)(H,22,25). The zero-order chi connectivity index (χ0) is 21.4. The van der Waals surface area contributed by atoms with Crippen molar-refractivity contribution in [2.45, 2.75) is 13.5 Å². The second kappa shape index (κ2) is 10.0. The van der Waals surface area contributed by atoms with Gasteiger partial charge in [0.05, 0.1) is 17.5 Å². The van der Waals surface area contributed by atoms with Crippen molar-refractivity contribution >= 4 is 33.2 Å². The van der Waals surface area contributed by atoms with Gasteiger partial charge in [0.25, 0.3) is 5.91 Å². The van der Waals surface area contributed by atoms with Crippen molar-refractivity contribution in [2.24, 2.45) is 0 Å². The Bertz CT molecular complexity index is 962. The number of hydrogen-bond acceptors (Lipinski definition) is 5. The van der Waals surface area contributed by atoms with Gasteiger partial charge in [0.1, 0.15) is 0 Å². The average Bonchev–Trinajstić information content (AvgIpc) is 2.62. The maximum atomic E-state index is 12.7. The molecule has 2 aromatic carbocycles. The van der Waals surface area contributed by atoms with Gasteiger partial charge >= 0.3 is 0 Å². The Morgan fingerprint density at radius 2 is 1.76 bits per heavy atom. The van der Waals surface area contributed by atoms with Gasteiger partial charge in [-0.1, -0.05) is 30.3 Å². The molecule has 0 aliphatic carbocycles. The van der Waals surface area contributed by atoms with E-state index in [2.05, 4.69) is 20.3 Å². The van der Waals surface area contributed by atoms with Crippen molar-refractivity contribution in [1.82, 2.24) is 10.2 Å². The molecule has 0 aliphatic rings. The fourth-order valence-electron chi connectivity index (χ4n) is 2.73. The van der Waals surface area contributed by atoms with Gasteiger partial charge in [-0.25, -0.2) is 8.42 Å². The van der Waals surface area contributed by atoms with E-state index in [1.165, 1.54) is 30.7 Å². The summed E-state index contributed by atoms with van der Waals surface area (Å²) in [7, 11) is -1.61. The van der Waals surface area contributed by atoms with Gasteiger partial charge in [0.2, 0.25) is 15.9 Å². The zero-order valence-electron chi connectivity index (χ0n) is 16.7. The van der Waals surface area contributed by atoms with Crippen molar-refractivity contribution in [3.63, 3.8) is 0 Å². The summed E-state index contributed by atoms with van der Waals surface area (Å²) >= 11 is 0. The first-order valence-electron chi connectivity index (χ1n) is 9.04. The van der Waals surface area contributed by atoms with E-state index in [-0.39, 0.29) is 17.2 Å². The first kappa shape index (κ1) is 22.4. The molecule has 0 spiro atoms. The number of anilines is 2. The van der Waals surface area contributed by atoms with Crippen LogP contribution in [0, 0.1) is 0 Å². The van der Waals surface area contributed by atoms with Gasteiger partial charge in [0.15, 0.2) is 0 Å². The van der Waals surface area contributed by atoms with Crippen LogP contribution in [0.2, 0.25) is 0 Å². The summed E-state index contributed by atoms with van der Waals surface area (Å²) in [6.07, 6.45) is 1.01. The van der Waals surface area contributed by atoms with E-state index in [9.17, 15) is 18.0 Å². The molecule has 2 amide bonds. The maximum absolute atomic E-state index is 12.7. The summed E-state index contributed by atoms with van der Waals surface area (Å²) < 4.78 is 25.5. The van der Waals surface area contributed by atoms with E-state index >= 15 is 0 Å². The minimum absolute atomic E-state index is 0.132. The number of sulfonamides is 1. The minimum atomic E-state index is -3.56. The van der Waals surface area contributed by atoms with Gasteiger partial charge < -0.3 is 15.5 Å². The van der Waals surface area contributed by atoms with Gasteiger partial charge in [-0.3, -0.25) is 14.3 Å². The average molecular weight is 419 g/mol. The number of amides is 2. The summed E-state index contributed by atoms with van der Waals surface area (Å²) in [5.74, 6) is -0.723. The summed E-state index contributed by atoms with van der Waals surface area (Å²) in [5.41, 5.74) is 1.86. The summed E-state index contributed by atoms with van der Waals surface area (Å²) in [5, 5.41) is 5.38. The topological polar surface area (TPSA) is 108 Å². The lowest BCUT2D eigenvalue weighted by Crippen LogP contribution is -2.33. The van der Waals surface area contributed by atoms with Gasteiger partial charge in [0, 0.05) is 32.2 Å². The van der Waals surface area contributed by atoms with Crippen molar-refractivity contribution in [1.29, 1.82) is 0 Å². The molecule has 0 radical (unpaired) electrons. The van der Waals surface area contributed by atoms with Gasteiger partial charge in [-0.2, -0.15) is 0 Å². The van der Waals surface area contributed by atoms with Crippen LogP contribution in [0.3, 0.4) is 0 Å². The number of benzene rings is 2. The molecule has 0 saturated carbocycles. The Labute approximate surface area is 171 Å². The molecule has 0 fully saturated rings. The molecule has 0 unspecified atom stereocenters. The zero-order valence-corrected chi connectivity index (χ0v) is 17.5. The molecule has 2 rings (SSSR count). The maximum Gasteiger partial charge on any atom is 0.253 e. The van der Waals surface area contributed by atoms with Crippen LogP contribution in [0.1, 0.15) is 22.8 Å². The molecule has 156 valence electrons. The lowest BCUT2D eigenvalue weighted by Gasteiger charge is -2.18. The lowest BCUT2D eigenvalue weighted by atomic mass is 10.1. The highest BCUT2D eigenvalue weighted by molar-refractivity contribution is 7.92. The van der Waals surface area contributed by atoms with Crippen molar-refractivity contribution in [2.75, 3.05) is 36.4 Å². The van der Waals surface area contributed by atoms with E-state index < -0.39 is 15.9 Å². The van der Waals surface area contributed by atoms with Crippen molar-refractivity contribution in [3.8, 4) is 0 Å². The molecule has 0 heterocycles. The first-order valence-corrected chi connectivity index (χ1v) is 10.9. The summed E-state index contributed by atoms with van der Waals surface area (Å²) in [6, 6.07) is 14.4. The normalized spacial score (nSPS) is 11.2. The smallest absolute Gasteiger partial charge is 0.253 e. The third-order valence-electron chi connectivity index (χ3n) is 3.95. The molecule has 8 nitrogen and oxygen atoms in total. The molecule has 3 N–H and O–H groups in total. The molecule has 9 heteroatoms. The second-order valence-electron chi connectivity index (χ2n) is 6.80. The quantitative estimate of drug-likeness (QED) is 0.576. The number of likely N-dealkylation sites (N-methyl/N-ethyl adjacent to an activating group) is 1. The predicted octanol–water partition coefficient (Wildman–Crippen LogP) is 1.88. The Morgan fingerprint density at radius 3 is 2.38 bits per heavy atom. The fourth-order valence-corrected chi connectivity index (χ4v) is 3.31.